The lowest BCUT2D eigenvalue weighted by atomic mass is 9.65. The van der Waals surface area contributed by atoms with E-state index >= 15 is 0 Å². The number of fused-ring (bicyclic) bond motifs is 2. The van der Waals surface area contributed by atoms with Crippen LogP contribution in [-0.4, -0.2) is 30.2 Å². The van der Waals surface area contributed by atoms with Crippen molar-refractivity contribution < 1.29 is 9.90 Å². The second kappa shape index (κ2) is 7.78. The summed E-state index contributed by atoms with van der Waals surface area (Å²) in [6.45, 7) is 5.18. The Labute approximate surface area is 135 Å². The number of aliphatic hydroxyl groups is 1. The molecule has 2 atom stereocenters. The minimum atomic E-state index is 0.0470. The second-order valence-electron chi connectivity index (χ2n) is 7.60. The summed E-state index contributed by atoms with van der Waals surface area (Å²) in [4.78, 5) is 12.6. The molecule has 4 N–H and O–H groups in total. The second-order valence-corrected chi connectivity index (χ2v) is 7.60. The SMILES string of the molecule is CCC(CC)(CCO)CNC(=O)C1CC2CCCC(C1)C2N. The lowest BCUT2D eigenvalue weighted by Crippen LogP contribution is -2.50. The third-order valence-electron chi connectivity index (χ3n) is 6.56. The van der Waals surface area contributed by atoms with Gasteiger partial charge in [-0.1, -0.05) is 20.3 Å². The normalized spacial score (nSPS) is 31.8. The molecule has 2 saturated carbocycles. The molecule has 2 rings (SSSR count). The number of carbonyl (C=O) groups is 1. The molecule has 1 amide bonds. The zero-order valence-electron chi connectivity index (χ0n) is 14.3. The van der Waals surface area contributed by atoms with Crippen LogP contribution in [-0.2, 0) is 4.79 Å². The van der Waals surface area contributed by atoms with Gasteiger partial charge in [0, 0.05) is 25.1 Å². The van der Waals surface area contributed by atoms with E-state index in [1.807, 2.05) is 0 Å². The van der Waals surface area contributed by atoms with Crippen molar-refractivity contribution in [2.45, 2.75) is 71.3 Å². The van der Waals surface area contributed by atoms with Gasteiger partial charge in [0.05, 0.1) is 0 Å². The molecule has 128 valence electrons. The van der Waals surface area contributed by atoms with Crippen molar-refractivity contribution in [3.05, 3.63) is 0 Å². The van der Waals surface area contributed by atoms with Gasteiger partial charge in [0.25, 0.3) is 0 Å². The average Bonchev–Trinajstić information content (AvgIpc) is 2.51. The third-order valence-corrected chi connectivity index (χ3v) is 6.56. The van der Waals surface area contributed by atoms with E-state index in [1.54, 1.807) is 0 Å². The van der Waals surface area contributed by atoms with Crippen LogP contribution in [0.25, 0.3) is 0 Å². The molecule has 0 radical (unpaired) electrons. The number of rotatable bonds is 7. The van der Waals surface area contributed by atoms with Crippen LogP contribution in [0.4, 0.5) is 0 Å². The molecule has 0 heterocycles. The fourth-order valence-corrected chi connectivity index (χ4v) is 4.60. The van der Waals surface area contributed by atoms with E-state index in [1.165, 1.54) is 19.3 Å². The zero-order chi connectivity index (χ0) is 16.2. The highest BCUT2D eigenvalue weighted by molar-refractivity contribution is 5.78. The molecule has 0 aromatic rings. The van der Waals surface area contributed by atoms with Crippen LogP contribution in [0.15, 0.2) is 0 Å². The molecular formula is C18H34N2O2. The minimum Gasteiger partial charge on any atom is -0.396 e. The van der Waals surface area contributed by atoms with Gasteiger partial charge in [-0.15, -0.1) is 0 Å². The van der Waals surface area contributed by atoms with Crippen molar-refractivity contribution in [1.82, 2.24) is 5.32 Å². The third kappa shape index (κ3) is 3.83. The summed E-state index contributed by atoms with van der Waals surface area (Å²) in [6.07, 6.45) is 8.35. The van der Waals surface area contributed by atoms with Gasteiger partial charge in [0.2, 0.25) is 5.91 Å². The van der Waals surface area contributed by atoms with E-state index in [0.29, 0.717) is 24.4 Å². The Hall–Kier alpha value is -0.610. The Morgan fingerprint density at radius 3 is 2.32 bits per heavy atom. The van der Waals surface area contributed by atoms with Crippen LogP contribution in [0.3, 0.4) is 0 Å². The molecule has 0 aromatic heterocycles. The van der Waals surface area contributed by atoms with Crippen molar-refractivity contribution in [1.29, 1.82) is 0 Å². The lowest BCUT2D eigenvalue weighted by molar-refractivity contribution is -0.128. The van der Waals surface area contributed by atoms with Gasteiger partial charge in [0.15, 0.2) is 0 Å². The first kappa shape index (κ1) is 17.7. The predicted molar refractivity (Wildman–Crippen MR) is 89.3 cm³/mol. The molecule has 4 nitrogen and oxygen atoms in total. The van der Waals surface area contributed by atoms with Gasteiger partial charge in [-0.2, -0.15) is 0 Å². The number of amides is 1. The Morgan fingerprint density at radius 2 is 1.82 bits per heavy atom. The highest BCUT2D eigenvalue weighted by atomic mass is 16.3. The maximum Gasteiger partial charge on any atom is 0.223 e. The van der Waals surface area contributed by atoms with Crippen LogP contribution in [0.5, 0.6) is 0 Å². The first-order valence-electron chi connectivity index (χ1n) is 9.19. The van der Waals surface area contributed by atoms with Crippen molar-refractivity contribution in [3.8, 4) is 0 Å². The molecule has 0 aromatic carbocycles. The number of hydrogen-bond acceptors (Lipinski definition) is 3. The van der Waals surface area contributed by atoms with Crippen LogP contribution in [0.2, 0.25) is 0 Å². The van der Waals surface area contributed by atoms with Crippen molar-refractivity contribution in [3.63, 3.8) is 0 Å². The molecule has 0 saturated heterocycles. The van der Waals surface area contributed by atoms with E-state index in [-0.39, 0.29) is 23.8 Å². The number of nitrogens with two attached hydrogens (primary N) is 1. The van der Waals surface area contributed by atoms with Gasteiger partial charge < -0.3 is 16.2 Å². The highest BCUT2D eigenvalue weighted by Crippen LogP contribution is 2.42. The van der Waals surface area contributed by atoms with Crippen molar-refractivity contribution in [2.24, 2.45) is 28.9 Å². The molecule has 4 heteroatoms. The summed E-state index contributed by atoms with van der Waals surface area (Å²) in [5.74, 6) is 1.45. The summed E-state index contributed by atoms with van der Waals surface area (Å²) in [5.41, 5.74) is 6.36. The first-order chi connectivity index (χ1) is 10.5. The molecule has 2 aliphatic rings. The average molecular weight is 310 g/mol. The quantitative estimate of drug-likeness (QED) is 0.676. The molecule has 2 unspecified atom stereocenters. The molecule has 2 fully saturated rings. The van der Waals surface area contributed by atoms with E-state index < -0.39 is 0 Å². The Balaban J connectivity index is 1.89. The maximum atomic E-state index is 12.6. The van der Waals surface area contributed by atoms with E-state index in [0.717, 1.165) is 32.1 Å². The molecular weight excluding hydrogens is 276 g/mol. The summed E-state index contributed by atoms with van der Waals surface area (Å²) in [6, 6.07) is 0.317. The number of aliphatic hydroxyl groups excluding tert-OH is 1. The summed E-state index contributed by atoms with van der Waals surface area (Å²) < 4.78 is 0. The van der Waals surface area contributed by atoms with Crippen LogP contribution >= 0.6 is 0 Å². The van der Waals surface area contributed by atoms with Gasteiger partial charge >= 0.3 is 0 Å². The molecule has 22 heavy (non-hydrogen) atoms. The largest absolute Gasteiger partial charge is 0.396 e. The summed E-state index contributed by atoms with van der Waals surface area (Å²) in [7, 11) is 0. The van der Waals surface area contributed by atoms with Gasteiger partial charge in [-0.3, -0.25) is 4.79 Å². The van der Waals surface area contributed by atoms with Crippen LogP contribution in [0, 0.1) is 23.2 Å². The predicted octanol–water partition coefficient (Wildman–Crippen LogP) is 2.44. The number of nitrogens with one attached hydrogen (secondary N) is 1. The Kier molecular flexibility index (Phi) is 6.27. The first-order valence-corrected chi connectivity index (χ1v) is 9.19. The van der Waals surface area contributed by atoms with E-state index in [9.17, 15) is 9.90 Å². The lowest BCUT2D eigenvalue weighted by Gasteiger charge is -2.43. The molecule has 0 aliphatic heterocycles. The molecule has 2 bridgehead atoms. The van der Waals surface area contributed by atoms with Gasteiger partial charge in [0.1, 0.15) is 0 Å². The molecule has 2 aliphatic carbocycles. The highest BCUT2D eigenvalue weighted by Gasteiger charge is 2.40. The summed E-state index contributed by atoms with van der Waals surface area (Å²) in [5, 5.41) is 12.5. The smallest absolute Gasteiger partial charge is 0.223 e. The maximum absolute atomic E-state index is 12.6. The van der Waals surface area contributed by atoms with Crippen LogP contribution in [0.1, 0.15) is 65.2 Å². The van der Waals surface area contributed by atoms with Crippen molar-refractivity contribution in [2.75, 3.05) is 13.2 Å². The monoisotopic (exact) mass is 310 g/mol. The Morgan fingerprint density at radius 1 is 1.23 bits per heavy atom. The fourth-order valence-electron chi connectivity index (χ4n) is 4.60. The molecule has 0 spiro atoms. The fraction of sp³-hybridized carbons (Fsp3) is 0.944. The van der Waals surface area contributed by atoms with Crippen LogP contribution < -0.4 is 11.1 Å². The minimum absolute atomic E-state index is 0.0470. The number of hydrogen-bond donors (Lipinski definition) is 3. The topological polar surface area (TPSA) is 75.3 Å². The van der Waals surface area contributed by atoms with Gasteiger partial charge in [-0.05, 0) is 62.2 Å². The number of carbonyl (C=O) groups excluding carboxylic acids is 1. The standard InChI is InChI=1S/C18H34N2O2/c1-3-18(4-2,8-9-21)12-20-17(22)15-10-13-6-5-7-14(11-15)16(13)19/h13-16,21H,3-12,19H2,1-2H3,(H,20,22). The van der Waals surface area contributed by atoms with Gasteiger partial charge in [-0.25, -0.2) is 0 Å². The van der Waals surface area contributed by atoms with E-state index in [4.69, 9.17) is 5.73 Å². The van der Waals surface area contributed by atoms with Crippen molar-refractivity contribution >= 4 is 5.91 Å². The zero-order valence-corrected chi connectivity index (χ0v) is 14.3. The Bertz CT molecular complexity index is 354. The van der Waals surface area contributed by atoms with E-state index in [2.05, 4.69) is 19.2 Å². The summed E-state index contributed by atoms with van der Waals surface area (Å²) >= 11 is 0.